The van der Waals surface area contributed by atoms with Gasteiger partial charge in [0.15, 0.2) is 0 Å². The zero-order valence-corrected chi connectivity index (χ0v) is 14.2. The Morgan fingerprint density at radius 2 is 2.08 bits per heavy atom. The van der Waals surface area contributed by atoms with Crippen LogP contribution in [-0.2, 0) is 4.79 Å². The van der Waals surface area contributed by atoms with Gasteiger partial charge in [-0.25, -0.2) is 4.79 Å². The van der Waals surface area contributed by atoms with Crippen molar-refractivity contribution < 1.29 is 19.4 Å². The summed E-state index contributed by atoms with van der Waals surface area (Å²) in [7, 11) is 0. The molecule has 0 radical (unpaired) electrons. The number of benzene rings is 1. The van der Waals surface area contributed by atoms with E-state index < -0.39 is 6.10 Å². The Labute approximate surface area is 142 Å². The second-order valence-electron chi connectivity index (χ2n) is 6.67. The maximum Gasteiger partial charge on any atom is 0.327 e. The molecule has 6 nitrogen and oxygen atoms in total. The number of urea groups is 1. The smallest absolute Gasteiger partial charge is 0.327 e. The molecule has 1 aromatic rings. The third kappa shape index (κ3) is 3.24. The standard InChI is InChI=1S/C18H24N2O4/c1-12-6-7-13(2)16(9-12)24-11-14(21)10-20-17(22)15-5-3-4-8-19(15)18(20)23/h6-7,9,14-15,21H,3-5,8,10-11H2,1-2H3/t14-,15+/m1/s1. The van der Waals surface area contributed by atoms with Crippen LogP contribution in [-0.4, -0.2) is 58.7 Å². The fraction of sp³-hybridized carbons (Fsp3) is 0.556. The van der Waals surface area contributed by atoms with Gasteiger partial charge in [-0.05, 0) is 50.3 Å². The van der Waals surface area contributed by atoms with Crippen molar-refractivity contribution >= 4 is 11.9 Å². The molecule has 0 aliphatic carbocycles. The first-order valence-corrected chi connectivity index (χ1v) is 8.47. The number of nitrogens with zero attached hydrogens (tertiary/aromatic N) is 2. The van der Waals surface area contributed by atoms with Crippen LogP contribution < -0.4 is 4.74 Å². The van der Waals surface area contributed by atoms with E-state index in [4.69, 9.17) is 4.74 Å². The number of imide groups is 1. The molecule has 24 heavy (non-hydrogen) atoms. The Morgan fingerprint density at radius 3 is 2.83 bits per heavy atom. The number of β-amino-alcohol motifs (C(OH)–C–C–N with tert-alkyl or cyclic N) is 1. The molecular weight excluding hydrogens is 308 g/mol. The average molecular weight is 332 g/mol. The normalized spacial score (nSPS) is 21.9. The van der Waals surface area contributed by atoms with Gasteiger partial charge >= 0.3 is 6.03 Å². The van der Waals surface area contributed by atoms with Gasteiger partial charge in [-0.3, -0.25) is 9.69 Å². The number of aliphatic hydroxyl groups excluding tert-OH is 1. The third-order valence-corrected chi connectivity index (χ3v) is 4.70. The average Bonchev–Trinajstić information content (AvgIpc) is 2.81. The number of carbonyl (C=O) groups is 2. The number of aliphatic hydroxyl groups is 1. The topological polar surface area (TPSA) is 70.1 Å². The number of hydrogen-bond acceptors (Lipinski definition) is 4. The largest absolute Gasteiger partial charge is 0.491 e. The van der Waals surface area contributed by atoms with Crippen LogP contribution in [0.4, 0.5) is 4.79 Å². The van der Waals surface area contributed by atoms with E-state index in [9.17, 15) is 14.7 Å². The van der Waals surface area contributed by atoms with Gasteiger partial charge in [0.05, 0.1) is 6.54 Å². The van der Waals surface area contributed by atoms with Crippen LogP contribution >= 0.6 is 0 Å². The molecular formula is C18H24N2O4. The molecule has 130 valence electrons. The minimum Gasteiger partial charge on any atom is -0.491 e. The number of ether oxygens (including phenoxy) is 1. The number of hydrogen-bond donors (Lipinski definition) is 1. The summed E-state index contributed by atoms with van der Waals surface area (Å²) < 4.78 is 5.67. The summed E-state index contributed by atoms with van der Waals surface area (Å²) in [6.45, 7) is 4.56. The SMILES string of the molecule is Cc1ccc(C)c(OC[C@H](O)CN2C(=O)[C@@H]3CCCCN3C2=O)c1. The van der Waals surface area contributed by atoms with Crippen molar-refractivity contribution in [3.8, 4) is 5.75 Å². The van der Waals surface area contributed by atoms with E-state index in [2.05, 4.69) is 0 Å². The van der Waals surface area contributed by atoms with Crippen molar-refractivity contribution in [1.82, 2.24) is 9.80 Å². The van der Waals surface area contributed by atoms with Crippen LogP contribution in [0.2, 0.25) is 0 Å². The van der Waals surface area contributed by atoms with E-state index in [1.165, 1.54) is 4.90 Å². The first-order chi connectivity index (χ1) is 11.5. The number of carbonyl (C=O) groups excluding carboxylic acids is 2. The lowest BCUT2D eigenvalue weighted by molar-refractivity contribution is -0.129. The van der Waals surface area contributed by atoms with Crippen molar-refractivity contribution in [3.63, 3.8) is 0 Å². The highest BCUT2D eigenvalue weighted by atomic mass is 16.5. The monoisotopic (exact) mass is 332 g/mol. The van der Waals surface area contributed by atoms with Crippen LogP contribution in [0.1, 0.15) is 30.4 Å². The second-order valence-corrected chi connectivity index (χ2v) is 6.67. The first kappa shape index (κ1) is 16.8. The Kier molecular flexibility index (Phi) is 4.76. The zero-order valence-electron chi connectivity index (χ0n) is 14.2. The van der Waals surface area contributed by atoms with E-state index in [0.29, 0.717) is 12.3 Å². The molecule has 3 amide bonds. The maximum atomic E-state index is 12.4. The van der Waals surface area contributed by atoms with Crippen LogP contribution in [0.25, 0.3) is 0 Å². The quantitative estimate of drug-likeness (QED) is 0.836. The molecule has 2 saturated heterocycles. The molecule has 0 bridgehead atoms. The van der Waals surface area contributed by atoms with E-state index >= 15 is 0 Å². The minimum absolute atomic E-state index is 0.0183. The summed E-state index contributed by atoms with van der Waals surface area (Å²) in [5.74, 6) is 0.524. The fourth-order valence-electron chi connectivity index (χ4n) is 3.33. The lowest BCUT2D eigenvalue weighted by Crippen LogP contribution is -2.40. The summed E-state index contributed by atoms with van der Waals surface area (Å²) in [5.41, 5.74) is 2.06. The molecule has 3 rings (SSSR count). The summed E-state index contributed by atoms with van der Waals surface area (Å²) in [5, 5.41) is 10.2. The lowest BCUT2D eigenvalue weighted by atomic mass is 10.0. The van der Waals surface area contributed by atoms with Crippen LogP contribution in [0.3, 0.4) is 0 Å². The second kappa shape index (κ2) is 6.81. The minimum atomic E-state index is -0.904. The van der Waals surface area contributed by atoms with Crippen molar-refractivity contribution in [3.05, 3.63) is 29.3 Å². The van der Waals surface area contributed by atoms with Gasteiger partial charge in [-0.1, -0.05) is 12.1 Å². The van der Waals surface area contributed by atoms with Crippen LogP contribution in [0.5, 0.6) is 5.75 Å². The van der Waals surface area contributed by atoms with E-state index in [1.54, 1.807) is 4.90 Å². The van der Waals surface area contributed by atoms with Gasteiger partial charge < -0.3 is 14.7 Å². The molecule has 0 saturated carbocycles. The Hall–Kier alpha value is -2.08. The lowest BCUT2D eigenvalue weighted by Gasteiger charge is -2.26. The maximum absolute atomic E-state index is 12.4. The molecule has 1 aromatic carbocycles. The summed E-state index contributed by atoms with van der Waals surface area (Å²) >= 11 is 0. The number of amides is 3. The van der Waals surface area contributed by atoms with Gasteiger partial charge in [0.2, 0.25) is 0 Å². The third-order valence-electron chi connectivity index (χ3n) is 4.70. The molecule has 2 atom stereocenters. The fourth-order valence-corrected chi connectivity index (χ4v) is 3.33. The highest BCUT2D eigenvalue weighted by Gasteiger charge is 2.46. The van der Waals surface area contributed by atoms with Gasteiger partial charge in [-0.15, -0.1) is 0 Å². The molecule has 0 unspecified atom stereocenters. The van der Waals surface area contributed by atoms with Crippen molar-refractivity contribution in [2.45, 2.75) is 45.3 Å². The molecule has 2 heterocycles. The molecule has 6 heteroatoms. The molecule has 0 spiro atoms. The molecule has 0 aromatic heterocycles. The zero-order chi connectivity index (χ0) is 17.3. The Morgan fingerprint density at radius 1 is 1.29 bits per heavy atom. The summed E-state index contributed by atoms with van der Waals surface area (Å²) in [4.78, 5) is 27.5. The number of piperidine rings is 1. The van der Waals surface area contributed by atoms with Gasteiger partial charge in [0.1, 0.15) is 24.5 Å². The van der Waals surface area contributed by atoms with Crippen molar-refractivity contribution in [1.29, 1.82) is 0 Å². The number of aryl methyl sites for hydroxylation is 2. The Balaban J connectivity index is 1.58. The predicted molar refractivity (Wildman–Crippen MR) is 88.9 cm³/mol. The van der Waals surface area contributed by atoms with Crippen LogP contribution in [0.15, 0.2) is 18.2 Å². The number of rotatable bonds is 5. The van der Waals surface area contributed by atoms with Gasteiger partial charge in [-0.2, -0.15) is 0 Å². The Bertz CT molecular complexity index is 622. The summed E-state index contributed by atoms with van der Waals surface area (Å²) in [6.07, 6.45) is 1.71. The van der Waals surface area contributed by atoms with Crippen LogP contribution in [0, 0.1) is 13.8 Å². The van der Waals surface area contributed by atoms with E-state index in [-0.39, 0.29) is 31.1 Å². The number of fused-ring (bicyclic) bond motifs is 1. The summed E-state index contributed by atoms with van der Waals surface area (Å²) in [6, 6.07) is 5.25. The molecule has 2 fully saturated rings. The van der Waals surface area contributed by atoms with Crippen molar-refractivity contribution in [2.24, 2.45) is 0 Å². The molecule has 2 aliphatic rings. The predicted octanol–water partition coefficient (Wildman–Crippen LogP) is 1.86. The highest BCUT2D eigenvalue weighted by molar-refractivity contribution is 6.04. The first-order valence-electron chi connectivity index (χ1n) is 8.47. The highest BCUT2D eigenvalue weighted by Crippen LogP contribution is 2.26. The van der Waals surface area contributed by atoms with Gasteiger partial charge in [0, 0.05) is 6.54 Å². The van der Waals surface area contributed by atoms with E-state index in [0.717, 1.165) is 30.4 Å². The van der Waals surface area contributed by atoms with E-state index in [1.807, 2.05) is 32.0 Å². The molecule has 1 N–H and O–H groups in total. The molecule has 2 aliphatic heterocycles. The van der Waals surface area contributed by atoms with Gasteiger partial charge in [0.25, 0.3) is 5.91 Å². The van der Waals surface area contributed by atoms with Crippen molar-refractivity contribution in [2.75, 3.05) is 19.7 Å².